The zero-order valence-corrected chi connectivity index (χ0v) is 13.6. The molecule has 2 rings (SSSR count). The number of anilines is 1. The molecule has 0 spiro atoms. The average molecular weight is 298 g/mol. The summed E-state index contributed by atoms with van der Waals surface area (Å²) in [6.45, 7) is 6.48. The molecule has 0 aliphatic carbocycles. The summed E-state index contributed by atoms with van der Waals surface area (Å²) in [7, 11) is 0. The van der Waals surface area contributed by atoms with E-state index in [-0.39, 0.29) is 6.04 Å². The van der Waals surface area contributed by atoms with Crippen LogP contribution in [-0.2, 0) is 0 Å². The largest absolute Gasteiger partial charge is 0.356 e. The smallest absolute Gasteiger partial charge is 0.171 e. The first-order chi connectivity index (χ1) is 10.1. The van der Waals surface area contributed by atoms with Gasteiger partial charge in [-0.25, -0.2) is 0 Å². The maximum atomic E-state index is 5.37. The van der Waals surface area contributed by atoms with Crippen molar-refractivity contribution in [2.24, 2.45) is 0 Å². The second kappa shape index (κ2) is 7.23. The molecular formula is C18H22N2S. The lowest BCUT2D eigenvalue weighted by Gasteiger charge is -2.17. The van der Waals surface area contributed by atoms with Crippen LogP contribution in [0.25, 0.3) is 0 Å². The van der Waals surface area contributed by atoms with E-state index in [1.165, 1.54) is 11.1 Å². The molecule has 0 bridgehead atoms. The molecule has 110 valence electrons. The molecule has 3 heteroatoms. The van der Waals surface area contributed by atoms with Crippen LogP contribution < -0.4 is 10.6 Å². The summed E-state index contributed by atoms with van der Waals surface area (Å²) in [6.07, 6.45) is 0. The highest BCUT2D eigenvalue weighted by Gasteiger charge is 2.06. The van der Waals surface area contributed by atoms with Crippen molar-refractivity contribution in [3.63, 3.8) is 0 Å². The van der Waals surface area contributed by atoms with Gasteiger partial charge in [-0.05, 0) is 48.3 Å². The van der Waals surface area contributed by atoms with Gasteiger partial charge in [0.2, 0.25) is 0 Å². The average Bonchev–Trinajstić information content (AvgIpc) is 2.48. The lowest BCUT2D eigenvalue weighted by Crippen LogP contribution is -2.30. The van der Waals surface area contributed by atoms with Crippen molar-refractivity contribution in [3.05, 3.63) is 65.7 Å². The van der Waals surface area contributed by atoms with Crippen molar-refractivity contribution in [2.45, 2.75) is 32.7 Å². The van der Waals surface area contributed by atoms with Gasteiger partial charge in [-0.2, -0.15) is 0 Å². The van der Waals surface area contributed by atoms with Gasteiger partial charge < -0.3 is 10.6 Å². The van der Waals surface area contributed by atoms with Gasteiger partial charge in [-0.3, -0.25) is 0 Å². The summed E-state index contributed by atoms with van der Waals surface area (Å²) in [5.41, 5.74) is 3.56. The molecule has 0 aliphatic heterocycles. The number of hydrogen-bond donors (Lipinski definition) is 2. The van der Waals surface area contributed by atoms with Crippen LogP contribution in [0.2, 0.25) is 0 Å². The number of hydrogen-bond acceptors (Lipinski definition) is 1. The molecular weight excluding hydrogens is 276 g/mol. The Labute approximate surface area is 132 Å². The first kappa shape index (κ1) is 15.5. The van der Waals surface area contributed by atoms with E-state index in [1.807, 2.05) is 18.2 Å². The molecule has 0 radical (unpaired) electrons. The van der Waals surface area contributed by atoms with E-state index in [2.05, 4.69) is 67.8 Å². The molecule has 0 heterocycles. The lowest BCUT2D eigenvalue weighted by atomic mass is 10.0. The van der Waals surface area contributed by atoms with Gasteiger partial charge in [0.1, 0.15) is 0 Å². The Kier molecular flexibility index (Phi) is 5.34. The highest BCUT2D eigenvalue weighted by molar-refractivity contribution is 7.80. The quantitative estimate of drug-likeness (QED) is 0.788. The van der Waals surface area contributed by atoms with Gasteiger partial charge in [-0.15, -0.1) is 0 Å². The van der Waals surface area contributed by atoms with E-state index in [4.69, 9.17) is 12.2 Å². The predicted molar refractivity (Wildman–Crippen MR) is 94.7 cm³/mol. The number of benzene rings is 2. The fraction of sp³-hybridized carbons (Fsp3) is 0.278. The Morgan fingerprint density at radius 3 is 2.05 bits per heavy atom. The van der Waals surface area contributed by atoms with E-state index in [0.29, 0.717) is 11.0 Å². The van der Waals surface area contributed by atoms with Crippen LogP contribution in [-0.4, -0.2) is 5.11 Å². The van der Waals surface area contributed by atoms with E-state index in [0.717, 1.165) is 5.69 Å². The molecule has 0 aliphatic rings. The number of rotatable bonds is 4. The Balaban J connectivity index is 1.92. The SMILES string of the molecule is CC(C)c1ccc(NC(=S)N[C@H](C)c2ccccc2)cc1. The third-order valence-electron chi connectivity index (χ3n) is 3.48. The molecule has 2 nitrogen and oxygen atoms in total. The molecule has 0 saturated carbocycles. The van der Waals surface area contributed by atoms with Crippen LogP contribution in [0.5, 0.6) is 0 Å². The van der Waals surface area contributed by atoms with E-state index in [9.17, 15) is 0 Å². The van der Waals surface area contributed by atoms with E-state index < -0.39 is 0 Å². The second-order valence-electron chi connectivity index (χ2n) is 5.51. The van der Waals surface area contributed by atoms with E-state index in [1.54, 1.807) is 0 Å². The van der Waals surface area contributed by atoms with Crippen LogP contribution in [0.1, 0.15) is 43.9 Å². The monoisotopic (exact) mass is 298 g/mol. The normalized spacial score (nSPS) is 12.0. The minimum Gasteiger partial charge on any atom is -0.356 e. The van der Waals surface area contributed by atoms with Crippen molar-refractivity contribution in [1.29, 1.82) is 0 Å². The Morgan fingerprint density at radius 2 is 1.48 bits per heavy atom. The fourth-order valence-corrected chi connectivity index (χ4v) is 2.43. The summed E-state index contributed by atoms with van der Waals surface area (Å²) < 4.78 is 0. The summed E-state index contributed by atoms with van der Waals surface area (Å²) in [6, 6.07) is 18.9. The highest BCUT2D eigenvalue weighted by atomic mass is 32.1. The molecule has 0 aromatic heterocycles. The first-order valence-electron chi connectivity index (χ1n) is 7.28. The first-order valence-corrected chi connectivity index (χ1v) is 7.69. The second-order valence-corrected chi connectivity index (χ2v) is 5.92. The zero-order chi connectivity index (χ0) is 15.2. The van der Waals surface area contributed by atoms with Gasteiger partial charge in [0.15, 0.2) is 5.11 Å². The molecule has 0 saturated heterocycles. The summed E-state index contributed by atoms with van der Waals surface area (Å²) in [5.74, 6) is 0.544. The van der Waals surface area contributed by atoms with Crippen molar-refractivity contribution >= 4 is 23.0 Å². The standard InChI is InChI=1S/C18H22N2S/c1-13(2)15-9-11-17(12-10-15)20-18(21)19-14(3)16-7-5-4-6-8-16/h4-14H,1-3H3,(H2,19,20,21)/t14-/m1/s1. The lowest BCUT2D eigenvalue weighted by molar-refractivity contribution is 0.722. The van der Waals surface area contributed by atoms with Crippen molar-refractivity contribution in [3.8, 4) is 0 Å². The van der Waals surface area contributed by atoms with Gasteiger partial charge >= 0.3 is 0 Å². The van der Waals surface area contributed by atoms with Crippen LogP contribution in [0.3, 0.4) is 0 Å². The topological polar surface area (TPSA) is 24.1 Å². The van der Waals surface area contributed by atoms with Gasteiger partial charge in [0, 0.05) is 5.69 Å². The maximum Gasteiger partial charge on any atom is 0.171 e. The Bertz CT molecular complexity index is 576. The molecule has 2 aromatic carbocycles. The van der Waals surface area contributed by atoms with Crippen molar-refractivity contribution in [1.82, 2.24) is 5.32 Å². The molecule has 0 fully saturated rings. The minimum atomic E-state index is 0.182. The fourth-order valence-electron chi connectivity index (χ4n) is 2.14. The molecule has 21 heavy (non-hydrogen) atoms. The molecule has 1 atom stereocenters. The van der Waals surface area contributed by atoms with Gasteiger partial charge in [-0.1, -0.05) is 56.3 Å². The highest BCUT2D eigenvalue weighted by Crippen LogP contribution is 2.17. The Hall–Kier alpha value is -1.87. The summed E-state index contributed by atoms with van der Waals surface area (Å²) >= 11 is 5.37. The number of thiocarbonyl (C=S) groups is 1. The summed E-state index contributed by atoms with van der Waals surface area (Å²) in [4.78, 5) is 0. The Morgan fingerprint density at radius 1 is 0.857 bits per heavy atom. The van der Waals surface area contributed by atoms with Crippen LogP contribution in [0.4, 0.5) is 5.69 Å². The minimum absolute atomic E-state index is 0.182. The van der Waals surface area contributed by atoms with Gasteiger partial charge in [0.05, 0.1) is 6.04 Å². The number of nitrogens with one attached hydrogen (secondary N) is 2. The zero-order valence-electron chi connectivity index (χ0n) is 12.8. The molecule has 2 N–H and O–H groups in total. The maximum absolute atomic E-state index is 5.37. The van der Waals surface area contributed by atoms with Gasteiger partial charge in [0.25, 0.3) is 0 Å². The third kappa shape index (κ3) is 4.57. The third-order valence-corrected chi connectivity index (χ3v) is 3.70. The van der Waals surface area contributed by atoms with Crippen LogP contribution in [0.15, 0.2) is 54.6 Å². The molecule has 0 unspecified atom stereocenters. The molecule has 0 amide bonds. The van der Waals surface area contributed by atoms with Crippen molar-refractivity contribution < 1.29 is 0 Å². The summed E-state index contributed by atoms with van der Waals surface area (Å²) in [5, 5.41) is 7.17. The van der Waals surface area contributed by atoms with Crippen LogP contribution >= 0.6 is 12.2 Å². The van der Waals surface area contributed by atoms with E-state index >= 15 is 0 Å². The van der Waals surface area contributed by atoms with Crippen molar-refractivity contribution in [2.75, 3.05) is 5.32 Å². The molecule has 2 aromatic rings. The van der Waals surface area contributed by atoms with Crippen LogP contribution in [0, 0.1) is 0 Å². The predicted octanol–water partition coefficient (Wildman–Crippen LogP) is 4.86.